The molecule has 1 aliphatic carbocycles. The van der Waals surface area contributed by atoms with Crippen LogP contribution in [-0.4, -0.2) is 36.2 Å². The summed E-state index contributed by atoms with van der Waals surface area (Å²) in [5.74, 6) is 0.109. The van der Waals surface area contributed by atoms with E-state index in [1.54, 1.807) is 19.0 Å². The Balaban J connectivity index is 2.18. The molecule has 0 saturated heterocycles. The predicted molar refractivity (Wildman–Crippen MR) is 69.8 cm³/mol. The number of carbonyl (C=O) groups is 2. The average Bonchev–Trinajstić information content (AvgIpc) is 2.73. The lowest BCUT2D eigenvalue weighted by Gasteiger charge is -2.13. The van der Waals surface area contributed by atoms with E-state index in [2.05, 4.69) is 4.98 Å². The van der Waals surface area contributed by atoms with Crippen LogP contribution >= 0.6 is 0 Å². The van der Waals surface area contributed by atoms with Crippen LogP contribution in [0.2, 0.25) is 0 Å². The lowest BCUT2D eigenvalue weighted by atomic mass is 9.92. The summed E-state index contributed by atoms with van der Waals surface area (Å²) in [6, 6.07) is 0. The number of aromatic amines is 1. The molecule has 0 bridgehead atoms. The Kier molecular flexibility index (Phi) is 3.84. The van der Waals surface area contributed by atoms with E-state index in [1.807, 2.05) is 0 Å². The van der Waals surface area contributed by atoms with Gasteiger partial charge in [-0.1, -0.05) is 0 Å². The lowest BCUT2D eigenvalue weighted by Crippen LogP contribution is -2.22. The highest BCUT2D eigenvalue weighted by Crippen LogP contribution is 2.27. The molecule has 0 aliphatic heterocycles. The Labute approximate surface area is 107 Å². The van der Waals surface area contributed by atoms with Crippen LogP contribution in [0, 0.1) is 0 Å². The molecule has 18 heavy (non-hydrogen) atoms. The first-order chi connectivity index (χ1) is 8.63. The third kappa shape index (κ3) is 2.47. The quantitative estimate of drug-likeness (QED) is 0.825. The Morgan fingerprint density at radius 1 is 1.33 bits per heavy atom. The SMILES string of the molecule is CN(C)C(=O)CCc1c(C=O)[nH]c2c1CCCC2. The van der Waals surface area contributed by atoms with Gasteiger partial charge in [0, 0.05) is 26.2 Å². The van der Waals surface area contributed by atoms with Crippen molar-refractivity contribution in [3.8, 4) is 0 Å². The van der Waals surface area contributed by atoms with Gasteiger partial charge in [-0.15, -0.1) is 0 Å². The summed E-state index contributed by atoms with van der Waals surface area (Å²) in [7, 11) is 3.52. The zero-order valence-corrected chi connectivity index (χ0v) is 11.1. The molecule has 1 aromatic heterocycles. The fraction of sp³-hybridized carbons (Fsp3) is 0.571. The molecule has 1 N–H and O–H groups in total. The minimum atomic E-state index is 0.109. The van der Waals surface area contributed by atoms with E-state index in [1.165, 1.54) is 24.1 Å². The Bertz CT molecular complexity index is 461. The number of aryl methyl sites for hydroxylation is 1. The summed E-state index contributed by atoms with van der Waals surface area (Å²) >= 11 is 0. The van der Waals surface area contributed by atoms with Gasteiger partial charge >= 0.3 is 0 Å². The van der Waals surface area contributed by atoms with Crippen molar-refractivity contribution in [2.24, 2.45) is 0 Å². The third-order valence-electron chi connectivity index (χ3n) is 3.65. The Morgan fingerprint density at radius 2 is 2.06 bits per heavy atom. The minimum absolute atomic E-state index is 0.109. The second kappa shape index (κ2) is 5.38. The van der Waals surface area contributed by atoms with Gasteiger partial charge in [0.2, 0.25) is 5.91 Å². The lowest BCUT2D eigenvalue weighted by molar-refractivity contribution is -0.128. The summed E-state index contributed by atoms with van der Waals surface area (Å²) in [5.41, 5.74) is 4.23. The molecule has 4 nitrogen and oxygen atoms in total. The number of carbonyl (C=O) groups excluding carboxylic acids is 2. The Morgan fingerprint density at radius 3 is 2.72 bits per heavy atom. The highest BCUT2D eigenvalue weighted by atomic mass is 16.2. The van der Waals surface area contributed by atoms with Gasteiger partial charge in [0.05, 0.1) is 5.69 Å². The highest BCUT2D eigenvalue weighted by molar-refractivity contribution is 5.79. The molecule has 1 heterocycles. The van der Waals surface area contributed by atoms with Gasteiger partial charge in [-0.25, -0.2) is 0 Å². The molecular formula is C14H20N2O2. The summed E-state index contributed by atoms with van der Waals surface area (Å²) in [5, 5.41) is 0. The monoisotopic (exact) mass is 248 g/mol. The van der Waals surface area contributed by atoms with Gasteiger partial charge in [-0.3, -0.25) is 9.59 Å². The number of aromatic nitrogens is 1. The van der Waals surface area contributed by atoms with Crippen LogP contribution in [0.15, 0.2) is 0 Å². The molecule has 1 aliphatic rings. The number of nitrogens with zero attached hydrogens (tertiary/aromatic N) is 1. The van der Waals surface area contributed by atoms with Crippen molar-refractivity contribution in [2.45, 2.75) is 38.5 Å². The number of nitrogens with one attached hydrogen (secondary N) is 1. The molecule has 0 aromatic carbocycles. The molecule has 98 valence electrons. The second-order valence-corrected chi connectivity index (χ2v) is 5.09. The molecule has 1 amide bonds. The molecule has 0 atom stereocenters. The topological polar surface area (TPSA) is 53.2 Å². The summed E-state index contributed by atoms with van der Waals surface area (Å²) in [4.78, 5) is 27.5. The van der Waals surface area contributed by atoms with E-state index in [0.717, 1.165) is 24.7 Å². The number of rotatable bonds is 4. The van der Waals surface area contributed by atoms with Crippen molar-refractivity contribution in [3.05, 3.63) is 22.5 Å². The van der Waals surface area contributed by atoms with Crippen LogP contribution in [-0.2, 0) is 24.1 Å². The molecule has 0 unspecified atom stereocenters. The number of aldehydes is 1. The maximum atomic E-state index is 11.6. The fourth-order valence-electron chi connectivity index (χ4n) is 2.62. The van der Waals surface area contributed by atoms with Crippen LogP contribution in [0.25, 0.3) is 0 Å². The van der Waals surface area contributed by atoms with Crippen molar-refractivity contribution in [1.82, 2.24) is 9.88 Å². The zero-order valence-electron chi connectivity index (χ0n) is 11.1. The first-order valence-electron chi connectivity index (χ1n) is 6.51. The summed E-state index contributed by atoms with van der Waals surface area (Å²) in [6.07, 6.45) is 6.44. The maximum absolute atomic E-state index is 11.6. The normalized spacial score (nSPS) is 14.1. The number of hydrogen-bond donors (Lipinski definition) is 1. The van der Waals surface area contributed by atoms with E-state index < -0.39 is 0 Å². The van der Waals surface area contributed by atoms with E-state index >= 15 is 0 Å². The van der Waals surface area contributed by atoms with Crippen molar-refractivity contribution in [2.75, 3.05) is 14.1 Å². The van der Waals surface area contributed by atoms with Gasteiger partial charge in [0.25, 0.3) is 0 Å². The van der Waals surface area contributed by atoms with E-state index in [0.29, 0.717) is 18.5 Å². The standard InChI is InChI=1S/C14H20N2O2/c1-16(2)14(18)8-7-11-10-5-3-4-6-12(10)15-13(11)9-17/h9,15H,3-8H2,1-2H3. The van der Waals surface area contributed by atoms with Crippen LogP contribution in [0.4, 0.5) is 0 Å². The van der Waals surface area contributed by atoms with E-state index in [-0.39, 0.29) is 5.91 Å². The van der Waals surface area contributed by atoms with Crippen LogP contribution in [0.3, 0.4) is 0 Å². The predicted octanol–water partition coefficient (Wildman–Crippen LogP) is 1.73. The molecule has 0 radical (unpaired) electrons. The van der Waals surface area contributed by atoms with Gasteiger partial charge in [-0.05, 0) is 43.2 Å². The Hall–Kier alpha value is -1.58. The number of hydrogen-bond acceptors (Lipinski definition) is 2. The number of H-pyrrole nitrogens is 1. The molecule has 0 saturated carbocycles. The van der Waals surface area contributed by atoms with Crippen LogP contribution in [0.5, 0.6) is 0 Å². The molecule has 1 aromatic rings. The maximum Gasteiger partial charge on any atom is 0.222 e. The molecule has 0 fully saturated rings. The van der Waals surface area contributed by atoms with Gasteiger partial charge in [0.1, 0.15) is 0 Å². The van der Waals surface area contributed by atoms with Crippen LogP contribution < -0.4 is 0 Å². The highest BCUT2D eigenvalue weighted by Gasteiger charge is 2.20. The molecule has 0 spiro atoms. The smallest absolute Gasteiger partial charge is 0.222 e. The number of amides is 1. The molecule has 2 rings (SSSR count). The minimum Gasteiger partial charge on any atom is -0.356 e. The largest absolute Gasteiger partial charge is 0.356 e. The first kappa shape index (κ1) is 12.9. The van der Waals surface area contributed by atoms with E-state index in [9.17, 15) is 9.59 Å². The van der Waals surface area contributed by atoms with Gasteiger partial charge in [0.15, 0.2) is 6.29 Å². The molecule has 4 heteroatoms. The first-order valence-corrected chi connectivity index (χ1v) is 6.51. The van der Waals surface area contributed by atoms with E-state index in [4.69, 9.17) is 0 Å². The van der Waals surface area contributed by atoms with Crippen molar-refractivity contribution >= 4 is 12.2 Å². The zero-order chi connectivity index (χ0) is 13.1. The third-order valence-corrected chi connectivity index (χ3v) is 3.65. The fourth-order valence-corrected chi connectivity index (χ4v) is 2.62. The number of fused-ring (bicyclic) bond motifs is 1. The van der Waals surface area contributed by atoms with Crippen molar-refractivity contribution < 1.29 is 9.59 Å². The summed E-state index contributed by atoms with van der Waals surface area (Å²) in [6.45, 7) is 0. The van der Waals surface area contributed by atoms with Crippen molar-refractivity contribution in [3.63, 3.8) is 0 Å². The van der Waals surface area contributed by atoms with Crippen LogP contribution in [0.1, 0.15) is 46.6 Å². The van der Waals surface area contributed by atoms with Gasteiger partial charge < -0.3 is 9.88 Å². The van der Waals surface area contributed by atoms with Gasteiger partial charge in [-0.2, -0.15) is 0 Å². The molecular weight excluding hydrogens is 228 g/mol. The average molecular weight is 248 g/mol. The van der Waals surface area contributed by atoms with Crippen molar-refractivity contribution in [1.29, 1.82) is 0 Å². The second-order valence-electron chi connectivity index (χ2n) is 5.09. The summed E-state index contributed by atoms with van der Waals surface area (Å²) < 4.78 is 0.